The van der Waals surface area contributed by atoms with Gasteiger partial charge in [0.05, 0.1) is 27.4 Å². The van der Waals surface area contributed by atoms with Crippen molar-refractivity contribution in [2.75, 3.05) is 0 Å². The van der Waals surface area contributed by atoms with E-state index in [2.05, 4.69) is 0 Å². The molecule has 1 aromatic heterocycles. The van der Waals surface area contributed by atoms with Crippen LogP contribution in [0, 0.1) is 0 Å². The summed E-state index contributed by atoms with van der Waals surface area (Å²) in [6.45, 7) is 0. The zero-order valence-corrected chi connectivity index (χ0v) is 23.0. The lowest BCUT2D eigenvalue weighted by Crippen LogP contribution is -1.93. The van der Waals surface area contributed by atoms with Crippen molar-refractivity contribution in [3.63, 3.8) is 0 Å². The number of hydrogen-bond acceptors (Lipinski definition) is 1. The van der Waals surface area contributed by atoms with E-state index < -0.39 is 143 Å². The van der Waals surface area contributed by atoms with Gasteiger partial charge in [0.25, 0.3) is 0 Å². The highest BCUT2D eigenvalue weighted by Gasteiger charge is 2.21. The molecule has 0 saturated carbocycles. The lowest BCUT2D eigenvalue weighted by molar-refractivity contribution is 0.669. The van der Waals surface area contributed by atoms with E-state index >= 15 is 0 Å². The second kappa shape index (κ2) is 10.4. The average Bonchev–Trinajstić information content (AvgIpc) is 3.70. The molecule has 0 amide bonds. The summed E-state index contributed by atoms with van der Waals surface area (Å²) in [4.78, 5) is 0. The Morgan fingerprint density at radius 3 is 1.56 bits per heavy atom. The van der Waals surface area contributed by atoms with E-state index in [1.807, 2.05) is 0 Å². The highest BCUT2D eigenvalue weighted by Crippen LogP contribution is 2.48. The molecule has 9 aromatic rings. The molecule has 0 unspecified atom stereocenters. The Morgan fingerprint density at radius 1 is 0.378 bits per heavy atom. The highest BCUT2D eigenvalue weighted by atomic mass is 16.3. The topological polar surface area (TPSA) is 13.1 Å². The second-order valence-corrected chi connectivity index (χ2v) is 10.1. The number of fused-ring (bicyclic) bond motifs is 5. The van der Waals surface area contributed by atoms with E-state index in [1.165, 1.54) is 0 Å². The largest absolute Gasteiger partial charge is 0.456 e. The highest BCUT2D eigenvalue weighted by molar-refractivity contribution is 6.26. The third kappa shape index (κ3) is 4.09. The van der Waals surface area contributed by atoms with Gasteiger partial charge in [-0.15, -0.1) is 0 Å². The lowest BCUT2D eigenvalue weighted by atomic mass is 9.83. The summed E-state index contributed by atoms with van der Waals surface area (Å²) in [6.07, 6.45) is 0. The molecule has 8 aromatic carbocycles. The zero-order chi connectivity index (χ0) is 47.1. The Bertz CT molecular complexity index is 3550. The fourth-order valence-electron chi connectivity index (χ4n) is 5.86. The predicted octanol–water partition coefficient (Wildman–Crippen LogP) is 12.6. The summed E-state index contributed by atoms with van der Waals surface area (Å²) in [5.74, 6) is 0. The number of hydrogen-bond donors (Lipinski definition) is 0. The van der Waals surface area contributed by atoms with Crippen molar-refractivity contribution in [2.24, 2.45) is 0 Å². The minimum Gasteiger partial charge on any atom is -0.456 e. The lowest BCUT2D eigenvalue weighted by Gasteiger charge is -2.20. The molecular formula is C44H28O. The van der Waals surface area contributed by atoms with Crippen LogP contribution >= 0.6 is 0 Å². The van der Waals surface area contributed by atoms with E-state index in [0.29, 0.717) is 10.8 Å². The zero-order valence-electron chi connectivity index (χ0n) is 43.0. The number of benzene rings is 8. The third-order valence-corrected chi connectivity index (χ3v) is 7.69. The first-order valence-corrected chi connectivity index (χ1v) is 13.8. The van der Waals surface area contributed by atoms with Gasteiger partial charge in [0.2, 0.25) is 0 Å². The Morgan fingerprint density at radius 2 is 0.911 bits per heavy atom. The molecule has 0 N–H and O–H groups in total. The molecule has 1 heteroatoms. The van der Waals surface area contributed by atoms with Gasteiger partial charge in [0, 0.05) is 10.8 Å². The van der Waals surface area contributed by atoms with Crippen LogP contribution in [0.15, 0.2) is 174 Å². The van der Waals surface area contributed by atoms with Crippen LogP contribution in [-0.2, 0) is 0 Å². The molecule has 0 fully saturated rings. The Hall–Kier alpha value is -5.92. The van der Waals surface area contributed by atoms with Gasteiger partial charge < -0.3 is 4.42 Å². The molecule has 0 aliphatic carbocycles. The van der Waals surface area contributed by atoms with Gasteiger partial charge in [-0.2, -0.15) is 0 Å². The van der Waals surface area contributed by atoms with Gasteiger partial charge in [-0.3, -0.25) is 0 Å². The molecule has 0 atom stereocenters. The molecule has 45 heavy (non-hydrogen) atoms. The predicted molar refractivity (Wildman–Crippen MR) is 190 cm³/mol. The minimum absolute atomic E-state index is 0.0811. The number of furan rings is 1. The SMILES string of the molecule is [2H]c1c([2H])c([2H])c(-c2c([2H])c([2H])c([2H])c([2H])c2-c2c3ccccc3c(-c3c([2H])c([2H])c([2H])c4oc5c([2H])c(-c6c([2H])c([2H])c([2H])c([2H])c6[2H])c([2H])c([2H])c5c34)c3ccccc23)c([2H])c1[2H]. The van der Waals surface area contributed by atoms with E-state index in [0.717, 1.165) is 0 Å². The summed E-state index contributed by atoms with van der Waals surface area (Å²) < 4.78 is 182. The maximum atomic E-state index is 9.48. The quantitative estimate of drug-likeness (QED) is 0.185. The van der Waals surface area contributed by atoms with E-state index in [4.69, 9.17) is 26.3 Å². The van der Waals surface area contributed by atoms with Crippen LogP contribution in [0.4, 0.5) is 0 Å². The van der Waals surface area contributed by atoms with E-state index in [-0.39, 0.29) is 54.9 Å². The van der Waals surface area contributed by atoms with Crippen LogP contribution in [-0.4, -0.2) is 0 Å². The molecule has 0 bridgehead atoms. The van der Waals surface area contributed by atoms with Crippen molar-refractivity contribution in [1.29, 1.82) is 0 Å². The van der Waals surface area contributed by atoms with E-state index in [1.54, 1.807) is 48.5 Å². The van der Waals surface area contributed by atoms with Gasteiger partial charge in [0.1, 0.15) is 11.2 Å². The smallest absolute Gasteiger partial charge is 0.136 e. The maximum Gasteiger partial charge on any atom is 0.136 e. The molecule has 1 nitrogen and oxygen atoms in total. The van der Waals surface area contributed by atoms with Crippen molar-refractivity contribution in [2.45, 2.75) is 0 Å². The second-order valence-electron chi connectivity index (χ2n) is 10.1. The molecule has 210 valence electrons. The van der Waals surface area contributed by atoms with Crippen molar-refractivity contribution >= 4 is 43.5 Å². The minimum atomic E-state index is -0.738. The van der Waals surface area contributed by atoms with Gasteiger partial charge in [0.15, 0.2) is 0 Å². The Labute approximate surface area is 289 Å². The molecule has 0 aliphatic heterocycles. The van der Waals surface area contributed by atoms with Crippen molar-refractivity contribution < 1.29 is 31.8 Å². The molecule has 9 rings (SSSR count). The molecular weight excluding hydrogens is 544 g/mol. The molecule has 0 spiro atoms. The molecule has 1 heterocycles. The van der Waals surface area contributed by atoms with Crippen LogP contribution in [0.1, 0.15) is 27.4 Å². The Kier molecular flexibility index (Phi) is 2.90. The average molecular weight is 593 g/mol. The van der Waals surface area contributed by atoms with Gasteiger partial charge >= 0.3 is 0 Å². The molecule has 0 aliphatic rings. The van der Waals surface area contributed by atoms with Crippen LogP contribution < -0.4 is 0 Å². The molecule has 0 saturated heterocycles. The summed E-state index contributed by atoms with van der Waals surface area (Å²) in [5, 5.41) is 0.788. The first kappa shape index (κ1) is 12.6. The maximum absolute atomic E-state index is 9.48. The van der Waals surface area contributed by atoms with Crippen LogP contribution in [0.25, 0.3) is 88.0 Å². The molecule has 0 radical (unpaired) electrons. The van der Waals surface area contributed by atoms with Crippen LogP contribution in [0.5, 0.6) is 0 Å². The summed E-state index contributed by atoms with van der Waals surface area (Å²) in [5.41, 5.74) is -2.56. The van der Waals surface area contributed by atoms with Gasteiger partial charge in [-0.1, -0.05) is 151 Å². The van der Waals surface area contributed by atoms with E-state index in [9.17, 15) is 5.48 Å². The van der Waals surface area contributed by atoms with Crippen molar-refractivity contribution in [3.8, 4) is 44.5 Å². The number of rotatable bonds is 4. The Balaban J connectivity index is 1.48. The first-order valence-electron chi connectivity index (χ1n) is 23.8. The monoisotopic (exact) mass is 592 g/mol. The fraction of sp³-hybridized carbons (Fsp3) is 0. The first-order chi connectivity index (χ1) is 30.7. The fourth-order valence-corrected chi connectivity index (χ4v) is 5.86. The van der Waals surface area contributed by atoms with Crippen molar-refractivity contribution in [1.82, 2.24) is 0 Å². The standard InChI is InChI=1S/C44H28O/c1-3-14-29(15-4-1)31-26-27-38-41(28-31)45-40-25-13-24-39(44(38)40)43-36-22-11-9-20-34(36)42(35-21-10-12-23-37(35)43)33-19-8-7-18-32(33)30-16-5-2-6-17-30/h1-28H/i1D,2D,3D,4D,5D,6D,7D,8D,13D,14D,15D,16D,17D,18D,19D,24D,25D,26D,27D,28D. The summed E-state index contributed by atoms with van der Waals surface area (Å²) in [7, 11) is 0. The summed E-state index contributed by atoms with van der Waals surface area (Å²) >= 11 is 0. The van der Waals surface area contributed by atoms with Crippen molar-refractivity contribution in [3.05, 3.63) is 169 Å². The van der Waals surface area contributed by atoms with Gasteiger partial charge in [-0.25, -0.2) is 0 Å². The van der Waals surface area contributed by atoms with Crippen LogP contribution in [0.3, 0.4) is 0 Å². The van der Waals surface area contributed by atoms with Gasteiger partial charge in [-0.05, 0) is 84.2 Å². The third-order valence-electron chi connectivity index (χ3n) is 7.69. The normalized spacial score (nSPS) is 17.8. The van der Waals surface area contributed by atoms with Crippen LogP contribution in [0.2, 0.25) is 0 Å². The summed E-state index contributed by atoms with van der Waals surface area (Å²) in [6, 6.07) is -0.593.